The van der Waals surface area contributed by atoms with Crippen molar-refractivity contribution in [2.45, 2.75) is 12.5 Å². The van der Waals surface area contributed by atoms with Crippen molar-refractivity contribution in [1.29, 1.82) is 0 Å². The normalized spacial score (nSPS) is 11.9. The van der Waals surface area contributed by atoms with Crippen LogP contribution in [-0.4, -0.2) is 17.2 Å². The standard InChI is InChI=1S/C15H12ClFO3/c16-11-5-3-6-12(9-11)20-14(15(18)19)8-10-4-1-2-7-13(10)17/h1-7,9,14H,8H2,(H,18,19)/t14-/m1/s1. The lowest BCUT2D eigenvalue weighted by atomic mass is 10.1. The highest BCUT2D eigenvalue weighted by Gasteiger charge is 2.21. The van der Waals surface area contributed by atoms with Crippen molar-refractivity contribution in [3.63, 3.8) is 0 Å². The van der Waals surface area contributed by atoms with E-state index in [1.165, 1.54) is 18.2 Å². The predicted molar refractivity (Wildman–Crippen MR) is 73.6 cm³/mol. The average Bonchev–Trinajstić information content (AvgIpc) is 2.40. The highest BCUT2D eigenvalue weighted by Crippen LogP contribution is 2.20. The lowest BCUT2D eigenvalue weighted by Crippen LogP contribution is -2.29. The molecule has 0 fully saturated rings. The van der Waals surface area contributed by atoms with Gasteiger partial charge in [-0.3, -0.25) is 0 Å². The van der Waals surface area contributed by atoms with Crippen LogP contribution in [0.1, 0.15) is 5.56 Å². The molecular formula is C15H12ClFO3. The van der Waals surface area contributed by atoms with Gasteiger partial charge in [0, 0.05) is 11.4 Å². The van der Waals surface area contributed by atoms with Crippen LogP contribution in [0.3, 0.4) is 0 Å². The van der Waals surface area contributed by atoms with Crippen molar-refractivity contribution in [2.24, 2.45) is 0 Å². The Labute approximate surface area is 120 Å². The van der Waals surface area contributed by atoms with Gasteiger partial charge < -0.3 is 9.84 Å². The van der Waals surface area contributed by atoms with Crippen LogP contribution in [0.15, 0.2) is 48.5 Å². The van der Waals surface area contributed by atoms with Crippen LogP contribution in [0, 0.1) is 5.82 Å². The molecule has 0 spiro atoms. The summed E-state index contributed by atoms with van der Waals surface area (Å²) in [6.07, 6.45) is -1.24. The van der Waals surface area contributed by atoms with E-state index in [0.29, 0.717) is 16.3 Å². The van der Waals surface area contributed by atoms with Gasteiger partial charge in [0.1, 0.15) is 11.6 Å². The molecule has 0 heterocycles. The van der Waals surface area contributed by atoms with E-state index in [4.69, 9.17) is 16.3 Å². The van der Waals surface area contributed by atoms with Crippen LogP contribution < -0.4 is 4.74 Å². The molecule has 1 N–H and O–H groups in total. The summed E-state index contributed by atoms with van der Waals surface area (Å²) < 4.78 is 18.9. The van der Waals surface area contributed by atoms with E-state index in [1.807, 2.05) is 0 Å². The van der Waals surface area contributed by atoms with Crippen LogP contribution in [0.5, 0.6) is 5.75 Å². The molecule has 0 saturated carbocycles. The molecule has 2 aromatic rings. The zero-order valence-corrected chi connectivity index (χ0v) is 11.2. The molecular weight excluding hydrogens is 283 g/mol. The Morgan fingerprint density at radius 2 is 2.00 bits per heavy atom. The summed E-state index contributed by atoms with van der Waals surface area (Å²) in [5, 5.41) is 9.62. The lowest BCUT2D eigenvalue weighted by Gasteiger charge is -2.15. The van der Waals surface area contributed by atoms with E-state index >= 15 is 0 Å². The molecule has 5 heteroatoms. The van der Waals surface area contributed by atoms with E-state index in [2.05, 4.69) is 0 Å². The second-order valence-corrected chi connectivity index (χ2v) is 4.63. The fraction of sp³-hybridized carbons (Fsp3) is 0.133. The lowest BCUT2D eigenvalue weighted by molar-refractivity contribution is -0.145. The second-order valence-electron chi connectivity index (χ2n) is 4.20. The minimum Gasteiger partial charge on any atom is -0.478 e. The Morgan fingerprint density at radius 1 is 1.25 bits per heavy atom. The molecule has 2 rings (SSSR count). The first-order valence-corrected chi connectivity index (χ1v) is 6.32. The van der Waals surface area contributed by atoms with E-state index in [9.17, 15) is 14.3 Å². The molecule has 20 heavy (non-hydrogen) atoms. The largest absolute Gasteiger partial charge is 0.478 e. The fourth-order valence-electron chi connectivity index (χ4n) is 1.75. The van der Waals surface area contributed by atoms with Crippen molar-refractivity contribution >= 4 is 17.6 Å². The Morgan fingerprint density at radius 3 is 2.65 bits per heavy atom. The molecule has 0 aliphatic heterocycles. The van der Waals surface area contributed by atoms with Gasteiger partial charge in [0.05, 0.1) is 0 Å². The molecule has 0 saturated heterocycles. The summed E-state index contributed by atoms with van der Waals surface area (Å²) >= 11 is 5.81. The van der Waals surface area contributed by atoms with Gasteiger partial charge in [0.15, 0.2) is 6.10 Å². The van der Waals surface area contributed by atoms with Gasteiger partial charge in [-0.2, -0.15) is 0 Å². The van der Waals surface area contributed by atoms with E-state index < -0.39 is 17.9 Å². The van der Waals surface area contributed by atoms with Crippen LogP contribution >= 0.6 is 11.6 Å². The summed E-state index contributed by atoms with van der Waals surface area (Å²) in [6, 6.07) is 12.4. The minimum absolute atomic E-state index is 0.0610. The van der Waals surface area contributed by atoms with E-state index in [0.717, 1.165) is 0 Å². The summed E-state index contributed by atoms with van der Waals surface area (Å²) in [7, 11) is 0. The Hall–Kier alpha value is -2.07. The first-order chi connectivity index (χ1) is 9.56. The highest BCUT2D eigenvalue weighted by atomic mass is 35.5. The smallest absolute Gasteiger partial charge is 0.345 e. The van der Waals surface area contributed by atoms with Gasteiger partial charge in [-0.1, -0.05) is 35.9 Å². The molecule has 0 bridgehead atoms. The van der Waals surface area contributed by atoms with Crippen LogP contribution in [-0.2, 0) is 11.2 Å². The molecule has 1 atom stereocenters. The molecule has 0 aliphatic carbocycles. The zero-order chi connectivity index (χ0) is 14.5. The number of carbonyl (C=O) groups is 1. The number of rotatable bonds is 5. The van der Waals surface area contributed by atoms with E-state index in [1.54, 1.807) is 30.3 Å². The molecule has 0 amide bonds. The van der Waals surface area contributed by atoms with Gasteiger partial charge >= 0.3 is 5.97 Å². The van der Waals surface area contributed by atoms with Crippen molar-refractivity contribution in [3.05, 3.63) is 64.9 Å². The van der Waals surface area contributed by atoms with Gasteiger partial charge in [0.25, 0.3) is 0 Å². The SMILES string of the molecule is O=C(O)[C@@H](Cc1ccccc1F)Oc1cccc(Cl)c1. The first kappa shape index (κ1) is 14.3. The fourth-order valence-corrected chi connectivity index (χ4v) is 1.93. The molecule has 0 radical (unpaired) electrons. The third kappa shape index (κ3) is 3.71. The van der Waals surface area contributed by atoms with Crippen molar-refractivity contribution in [3.8, 4) is 5.75 Å². The van der Waals surface area contributed by atoms with Crippen molar-refractivity contribution in [2.75, 3.05) is 0 Å². The number of hydrogen-bond donors (Lipinski definition) is 1. The molecule has 2 aromatic carbocycles. The Kier molecular flexibility index (Phi) is 4.58. The molecule has 0 unspecified atom stereocenters. The van der Waals surface area contributed by atoms with Crippen LogP contribution in [0.4, 0.5) is 4.39 Å². The maximum atomic E-state index is 13.5. The molecule has 0 aromatic heterocycles. The topological polar surface area (TPSA) is 46.5 Å². The van der Waals surface area contributed by atoms with Crippen LogP contribution in [0.2, 0.25) is 5.02 Å². The van der Waals surface area contributed by atoms with Crippen LogP contribution in [0.25, 0.3) is 0 Å². The highest BCUT2D eigenvalue weighted by molar-refractivity contribution is 6.30. The number of carboxylic acid groups (broad SMARTS) is 1. The quantitative estimate of drug-likeness (QED) is 0.917. The van der Waals surface area contributed by atoms with Gasteiger partial charge in [-0.15, -0.1) is 0 Å². The third-order valence-corrected chi connectivity index (χ3v) is 2.95. The Bertz CT molecular complexity index is 616. The maximum Gasteiger partial charge on any atom is 0.345 e. The predicted octanol–water partition coefficient (Wildman–Crippen LogP) is 3.55. The van der Waals surface area contributed by atoms with Crippen molar-refractivity contribution < 1.29 is 19.0 Å². The second kappa shape index (κ2) is 6.39. The monoisotopic (exact) mass is 294 g/mol. The zero-order valence-electron chi connectivity index (χ0n) is 10.4. The average molecular weight is 295 g/mol. The summed E-state index contributed by atoms with van der Waals surface area (Å²) in [5.74, 6) is -1.28. The maximum absolute atomic E-state index is 13.5. The third-order valence-electron chi connectivity index (χ3n) is 2.71. The first-order valence-electron chi connectivity index (χ1n) is 5.94. The van der Waals surface area contributed by atoms with Gasteiger partial charge in [-0.25, -0.2) is 9.18 Å². The molecule has 3 nitrogen and oxygen atoms in total. The molecule has 0 aliphatic rings. The number of halogens is 2. The van der Waals surface area contributed by atoms with E-state index in [-0.39, 0.29) is 6.42 Å². The summed E-state index contributed by atoms with van der Waals surface area (Å²) in [5.41, 5.74) is 0.293. The number of carboxylic acids is 1. The number of benzene rings is 2. The number of aliphatic carboxylic acids is 1. The van der Waals surface area contributed by atoms with Crippen molar-refractivity contribution in [1.82, 2.24) is 0 Å². The van der Waals surface area contributed by atoms with Gasteiger partial charge in [-0.05, 0) is 29.8 Å². The van der Waals surface area contributed by atoms with Gasteiger partial charge in [0.2, 0.25) is 0 Å². The number of hydrogen-bond acceptors (Lipinski definition) is 2. The minimum atomic E-state index is -1.18. The summed E-state index contributed by atoms with van der Waals surface area (Å²) in [6.45, 7) is 0. The number of ether oxygens (including phenoxy) is 1. The summed E-state index contributed by atoms with van der Waals surface area (Å²) in [4.78, 5) is 11.2. The Balaban J connectivity index is 2.16. The molecule has 104 valence electrons.